The molecule has 0 unspecified atom stereocenters. The molecule has 1 heterocycles. The number of hydrogen-bond donors (Lipinski definition) is 1. The van der Waals surface area contributed by atoms with Gasteiger partial charge in [-0.1, -0.05) is 30.3 Å². The van der Waals surface area contributed by atoms with E-state index in [4.69, 9.17) is 9.15 Å². The summed E-state index contributed by atoms with van der Waals surface area (Å²) in [5, 5.41) is 10.6. The highest BCUT2D eigenvalue weighted by molar-refractivity contribution is 6.06. The topological polar surface area (TPSA) is 59.7 Å². The lowest BCUT2D eigenvalue weighted by Crippen LogP contribution is -1.90. The van der Waals surface area contributed by atoms with Crippen LogP contribution < -0.4 is 4.74 Å². The Balaban J connectivity index is 1.82. The maximum absolute atomic E-state index is 12.1. The average molecular weight is 294 g/mol. The van der Waals surface area contributed by atoms with E-state index in [1.165, 1.54) is 19.3 Å². The van der Waals surface area contributed by atoms with Crippen molar-refractivity contribution in [2.24, 2.45) is 0 Å². The average Bonchev–Trinajstić information content (AvgIpc) is 2.97. The summed E-state index contributed by atoms with van der Waals surface area (Å²) in [6.07, 6.45) is 3.04. The number of carbonyl (C=O) groups is 1. The summed E-state index contributed by atoms with van der Waals surface area (Å²) in [5.74, 6) is 0.475. The summed E-state index contributed by atoms with van der Waals surface area (Å²) >= 11 is 0. The molecule has 0 saturated heterocycles. The second-order valence-corrected chi connectivity index (χ2v) is 4.78. The molecule has 2 aromatic carbocycles. The molecule has 0 aliphatic heterocycles. The van der Waals surface area contributed by atoms with Gasteiger partial charge in [0.2, 0.25) is 5.78 Å². The fraction of sp³-hybridized carbons (Fsp3) is 0.0556. The van der Waals surface area contributed by atoms with Gasteiger partial charge in [-0.2, -0.15) is 0 Å². The van der Waals surface area contributed by atoms with E-state index in [0.29, 0.717) is 16.9 Å². The summed E-state index contributed by atoms with van der Waals surface area (Å²) in [6.45, 7) is 0. The number of fused-ring (bicyclic) bond motifs is 1. The van der Waals surface area contributed by atoms with Gasteiger partial charge in [0.15, 0.2) is 17.3 Å². The van der Waals surface area contributed by atoms with Crippen LogP contribution in [0.1, 0.15) is 16.1 Å². The van der Waals surface area contributed by atoms with E-state index in [1.54, 1.807) is 24.3 Å². The Morgan fingerprint density at radius 2 is 2.00 bits per heavy atom. The molecule has 0 atom stereocenters. The van der Waals surface area contributed by atoms with E-state index in [0.717, 1.165) is 5.39 Å². The van der Waals surface area contributed by atoms with Crippen molar-refractivity contribution >= 4 is 22.8 Å². The Morgan fingerprint density at radius 1 is 1.18 bits per heavy atom. The van der Waals surface area contributed by atoms with Gasteiger partial charge < -0.3 is 14.3 Å². The number of rotatable bonds is 4. The van der Waals surface area contributed by atoms with Gasteiger partial charge in [0.1, 0.15) is 5.58 Å². The third-order valence-electron chi connectivity index (χ3n) is 3.30. The maximum Gasteiger partial charge on any atom is 0.221 e. The van der Waals surface area contributed by atoms with Gasteiger partial charge >= 0.3 is 0 Å². The van der Waals surface area contributed by atoms with E-state index >= 15 is 0 Å². The van der Waals surface area contributed by atoms with Crippen LogP contribution in [0.5, 0.6) is 11.5 Å². The highest BCUT2D eigenvalue weighted by Gasteiger charge is 2.09. The van der Waals surface area contributed by atoms with E-state index in [9.17, 15) is 9.90 Å². The van der Waals surface area contributed by atoms with Crippen molar-refractivity contribution in [2.75, 3.05) is 7.11 Å². The Hall–Kier alpha value is -3.01. The first-order valence-corrected chi connectivity index (χ1v) is 6.75. The van der Waals surface area contributed by atoms with Crippen LogP contribution in [-0.4, -0.2) is 18.0 Å². The zero-order chi connectivity index (χ0) is 15.5. The van der Waals surface area contributed by atoms with Gasteiger partial charge in [-0.25, -0.2) is 0 Å². The van der Waals surface area contributed by atoms with Gasteiger partial charge in [-0.3, -0.25) is 4.79 Å². The van der Waals surface area contributed by atoms with Crippen molar-refractivity contribution in [2.45, 2.75) is 0 Å². The minimum Gasteiger partial charge on any atom is -0.504 e. The largest absolute Gasteiger partial charge is 0.504 e. The molecule has 0 bridgehead atoms. The molecular formula is C18H14O4. The minimum atomic E-state index is -0.230. The standard InChI is InChI=1S/C18H14O4/c1-21-17-9-7-12(10-15(17)20)6-8-14(19)18-11-13-4-2-3-5-16(13)22-18/h2-11,20H,1H3/b8-6+. The highest BCUT2D eigenvalue weighted by atomic mass is 16.5. The number of ketones is 1. The highest BCUT2D eigenvalue weighted by Crippen LogP contribution is 2.27. The molecule has 1 aromatic heterocycles. The molecule has 0 fully saturated rings. The van der Waals surface area contributed by atoms with Gasteiger partial charge in [-0.05, 0) is 35.9 Å². The lowest BCUT2D eigenvalue weighted by atomic mass is 10.1. The molecular weight excluding hydrogens is 280 g/mol. The number of allylic oxidation sites excluding steroid dienone is 1. The van der Waals surface area contributed by atoms with E-state index in [1.807, 2.05) is 24.3 Å². The number of carbonyl (C=O) groups excluding carboxylic acids is 1. The molecule has 110 valence electrons. The molecule has 3 aromatic rings. The van der Waals surface area contributed by atoms with Crippen molar-refractivity contribution in [3.8, 4) is 11.5 Å². The fourth-order valence-corrected chi connectivity index (χ4v) is 2.17. The number of para-hydroxylation sites is 1. The maximum atomic E-state index is 12.1. The van der Waals surface area contributed by atoms with Gasteiger partial charge in [0.25, 0.3) is 0 Å². The van der Waals surface area contributed by atoms with Crippen LogP contribution in [-0.2, 0) is 0 Å². The monoisotopic (exact) mass is 294 g/mol. The molecule has 1 N–H and O–H groups in total. The smallest absolute Gasteiger partial charge is 0.221 e. The van der Waals surface area contributed by atoms with Crippen molar-refractivity contribution in [3.05, 3.63) is 65.9 Å². The van der Waals surface area contributed by atoms with Crippen molar-refractivity contribution in [3.63, 3.8) is 0 Å². The number of aromatic hydroxyl groups is 1. The summed E-state index contributed by atoms with van der Waals surface area (Å²) in [6, 6.07) is 14.1. The van der Waals surface area contributed by atoms with Crippen LogP contribution in [0.15, 0.2) is 59.0 Å². The van der Waals surface area contributed by atoms with Crippen LogP contribution in [0, 0.1) is 0 Å². The van der Waals surface area contributed by atoms with E-state index in [2.05, 4.69) is 0 Å². The third kappa shape index (κ3) is 2.72. The van der Waals surface area contributed by atoms with Gasteiger partial charge in [0.05, 0.1) is 7.11 Å². The van der Waals surface area contributed by atoms with Crippen molar-refractivity contribution in [1.82, 2.24) is 0 Å². The lowest BCUT2D eigenvalue weighted by molar-refractivity contribution is 0.102. The molecule has 0 spiro atoms. The molecule has 22 heavy (non-hydrogen) atoms. The van der Waals surface area contributed by atoms with Crippen LogP contribution >= 0.6 is 0 Å². The predicted octanol–water partition coefficient (Wildman–Crippen LogP) is 4.04. The molecule has 0 radical (unpaired) electrons. The fourth-order valence-electron chi connectivity index (χ4n) is 2.17. The Bertz CT molecular complexity index is 825. The molecule has 0 aliphatic rings. The number of phenolic OH excluding ortho intramolecular Hbond substituents is 1. The SMILES string of the molecule is COc1ccc(/C=C/C(=O)c2cc3ccccc3o2)cc1O. The van der Waals surface area contributed by atoms with Gasteiger partial charge in [0, 0.05) is 5.39 Å². The molecule has 4 nitrogen and oxygen atoms in total. The Kier molecular flexibility index (Phi) is 3.66. The van der Waals surface area contributed by atoms with Crippen LogP contribution in [0.4, 0.5) is 0 Å². The molecule has 3 rings (SSSR count). The zero-order valence-electron chi connectivity index (χ0n) is 11.9. The first-order chi connectivity index (χ1) is 10.7. The van der Waals surface area contributed by atoms with E-state index < -0.39 is 0 Å². The number of hydrogen-bond acceptors (Lipinski definition) is 4. The number of benzene rings is 2. The first-order valence-electron chi connectivity index (χ1n) is 6.75. The number of furan rings is 1. The number of methoxy groups -OCH3 is 1. The second-order valence-electron chi connectivity index (χ2n) is 4.78. The minimum absolute atomic E-state index is 0.0286. The summed E-state index contributed by atoms with van der Waals surface area (Å²) in [5.41, 5.74) is 1.38. The second kappa shape index (κ2) is 5.77. The number of ether oxygens (including phenoxy) is 1. The summed E-state index contributed by atoms with van der Waals surface area (Å²) < 4.78 is 10.5. The van der Waals surface area contributed by atoms with Crippen LogP contribution in [0.2, 0.25) is 0 Å². The van der Waals surface area contributed by atoms with Crippen LogP contribution in [0.25, 0.3) is 17.0 Å². The predicted molar refractivity (Wildman–Crippen MR) is 84.2 cm³/mol. The quantitative estimate of drug-likeness (QED) is 0.582. The van der Waals surface area contributed by atoms with Crippen LogP contribution in [0.3, 0.4) is 0 Å². The van der Waals surface area contributed by atoms with E-state index in [-0.39, 0.29) is 17.3 Å². The summed E-state index contributed by atoms with van der Waals surface area (Å²) in [7, 11) is 1.48. The van der Waals surface area contributed by atoms with Crippen molar-refractivity contribution < 1.29 is 19.1 Å². The molecule has 0 amide bonds. The third-order valence-corrected chi connectivity index (χ3v) is 3.30. The molecule has 0 saturated carbocycles. The number of phenols is 1. The molecule has 0 aliphatic carbocycles. The normalized spacial score (nSPS) is 11.1. The first kappa shape index (κ1) is 13.9. The Labute approximate surface area is 127 Å². The Morgan fingerprint density at radius 3 is 2.73 bits per heavy atom. The van der Waals surface area contributed by atoms with Gasteiger partial charge in [-0.15, -0.1) is 0 Å². The zero-order valence-corrected chi connectivity index (χ0v) is 11.9. The lowest BCUT2D eigenvalue weighted by Gasteiger charge is -2.03. The molecule has 4 heteroatoms. The van der Waals surface area contributed by atoms with Crippen molar-refractivity contribution in [1.29, 1.82) is 0 Å². The summed E-state index contributed by atoms with van der Waals surface area (Å²) in [4.78, 5) is 12.1.